The van der Waals surface area contributed by atoms with E-state index in [9.17, 15) is 19.1 Å². The van der Waals surface area contributed by atoms with Crippen molar-refractivity contribution in [1.29, 1.82) is 0 Å². The van der Waals surface area contributed by atoms with Gasteiger partial charge in [0.2, 0.25) is 0 Å². The summed E-state index contributed by atoms with van der Waals surface area (Å²) in [6, 6.07) is 27.5. The summed E-state index contributed by atoms with van der Waals surface area (Å²) >= 11 is 0. The SMILES string of the molecule is Cc1ccc(OC(=O)N2CCc3cc(-c4cc(C(=O)N(c5ccc(OP(=O)(O)O)cc5)c5cnn(C)c5)c5n4CCCC5)c(C(=O)N4Cc5ccccc5C[C@H]4CN4CCOCC4)cc3C2)cc1. The van der Waals surface area contributed by atoms with Gasteiger partial charge in [-0.25, -0.2) is 9.36 Å². The highest BCUT2D eigenvalue weighted by atomic mass is 31.2. The van der Waals surface area contributed by atoms with E-state index < -0.39 is 13.9 Å². The van der Waals surface area contributed by atoms with Gasteiger partial charge in [0.25, 0.3) is 11.8 Å². The van der Waals surface area contributed by atoms with Gasteiger partial charge in [-0.15, -0.1) is 0 Å². The number of phosphoric ester groups is 1. The monoisotopic (exact) mass is 939 g/mol. The van der Waals surface area contributed by atoms with Crippen LogP contribution in [0.15, 0.2) is 103 Å². The summed E-state index contributed by atoms with van der Waals surface area (Å²) in [4.78, 5) is 71.2. The quantitative estimate of drug-likeness (QED) is 0.131. The van der Waals surface area contributed by atoms with Crippen LogP contribution in [-0.4, -0.2) is 102 Å². The minimum atomic E-state index is -4.82. The van der Waals surface area contributed by atoms with Crippen LogP contribution in [0.3, 0.4) is 0 Å². The Balaban J connectivity index is 1.07. The second-order valence-corrected chi connectivity index (χ2v) is 19.2. The number of anilines is 2. The van der Waals surface area contributed by atoms with Crippen LogP contribution in [0.4, 0.5) is 16.2 Å². The van der Waals surface area contributed by atoms with Gasteiger partial charge in [0.05, 0.1) is 30.7 Å². The average Bonchev–Trinajstić information content (AvgIpc) is 3.95. The maximum absolute atomic E-state index is 15.8. The molecule has 68 heavy (non-hydrogen) atoms. The lowest BCUT2D eigenvalue weighted by Gasteiger charge is -2.41. The van der Waals surface area contributed by atoms with Gasteiger partial charge in [-0.05, 0) is 116 Å². The highest BCUT2D eigenvalue weighted by Gasteiger charge is 2.36. The molecule has 0 unspecified atom stereocenters. The molecule has 352 valence electrons. The van der Waals surface area contributed by atoms with Gasteiger partial charge < -0.3 is 28.4 Å². The van der Waals surface area contributed by atoms with Crippen molar-refractivity contribution in [3.63, 3.8) is 0 Å². The number of hydrogen-bond acceptors (Lipinski definition) is 9. The van der Waals surface area contributed by atoms with Crippen LogP contribution < -0.4 is 14.2 Å². The molecule has 1 saturated heterocycles. The predicted octanol–water partition coefficient (Wildman–Crippen LogP) is 7.44. The first-order valence-corrected chi connectivity index (χ1v) is 24.7. The van der Waals surface area contributed by atoms with Crippen molar-refractivity contribution in [2.75, 3.05) is 44.3 Å². The van der Waals surface area contributed by atoms with Crippen molar-refractivity contribution < 1.29 is 42.7 Å². The van der Waals surface area contributed by atoms with Crippen LogP contribution in [-0.2, 0) is 55.2 Å². The third-order valence-corrected chi connectivity index (χ3v) is 13.9. The summed E-state index contributed by atoms with van der Waals surface area (Å²) in [6.45, 7) is 7.28. The summed E-state index contributed by atoms with van der Waals surface area (Å²) in [5.74, 6) is -0.0377. The van der Waals surface area contributed by atoms with E-state index in [0.717, 1.165) is 65.1 Å². The predicted molar refractivity (Wildman–Crippen MR) is 254 cm³/mol. The van der Waals surface area contributed by atoms with Crippen molar-refractivity contribution in [1.82, 2.24) is 29.0 Å². The Kier molecular flexibility index (Phi) is 12.5. The van der Waals surface area contributed by atoms with Crippen molar-refractivity contribution >= 4 is 37.1 Å². The molecule has 0 aliphatic carbocycles. The van der Waals surface area contributed by atoms with Crippen LogP contribution in [0, 0.1) is 6.92 Å². The van der Waals surface area contributed by atoms with Crippen molar-refractivity contribution in [2.24, 2.45) is 7.05 Å². The second-order valence-electron chi connectivity index (χ2n) is 18.1. The molecule has 0 saturated carbocycles. The van der Waals surface area contributed by atoms with Gasteiger partial charge in [0.1, 0.15) is 11.5 Å². The van der Waals surface area contributed by atoms with Crippen molar-refractivity contribution in [2.45, 2.75) is 64.7 Å². The number of aryl methyl sites for hydroxylation is 2. The summed E-state index contributed by atoms with van der Waals surface area (Å²) < 4.78 is 31.8. The molecule has 1 atom stereocenters. The number of phosphoric acid groups is 1. The van der Waals surface area contributed by atoms with Gasteiger partial charge in [0, 0.05) is 93.3 Å². The zero-order valence-corrected chi connectivity index (χ0v) is 39.0. The molecule has 1 fully saturated rings. The first-order chi connectivity index (χ1) is 32.8. The molecule has 2 aromatic heterocycles. The second kappa shape index (κ2) is 18.9. The fraction of sp³-hybridized carbons (Fsp3) is 0.333. The van der Waals surface area contributed by atoms with Crippen LogP contribution >= 0.6 is 7.82 Å². The van der Waals surface area contributed by atoms with Gasteiger partial charge in [-0.1, -0.05) is 42.0 Å². The summed E-state index contributed by atoms with van der Waals surface area (Å²) in [7, 11) is -3.06. The minimum Gasteiger partial charge on any atom is -0.410 e. The Morgan fingerprint density at radius 3 is 2.29 bits per heavy atom. The zero-order chi connectivity index (χ0) is 47.1. The minimum absolute atomic E-state index is 0.0514. The highest BCUT2D eigenvalue weighted by Crippen LogP contribution is 2.41. The molecule has 10 rings (SSSR count). The third-order valence-electron chi connectivity index (χ3n) is 13.5. The fourth-order valence-corrected chi connectivity index (χ4v) is 10.5. The van der Waals surface area contributed by atoms with Gasteiger partial charge in [-0.2, -0.15) is 5.10 Å². The van der Waals surface area contributed by atoms with Gasteiger partial charge in [-0.3, -0.25) is 33.9 Å². The number of hydrogen-bond donors (Lipinski definition) is 2. The zero-order valence-electron chi connectivity index (χ0n) is 38.1. The number of aromatic nitrogens is 3. The topological polar surface area (TPSA) is 172 Å². The van der Waals surface area contributed by atoms with E-state index in [1.807, 2.05) is 42.2 Å². The number of fused-ring (bicyclic) bond motifs is 3. The number of morpholine rings is 1. The molecule has 16 nitrogen and oxygen atoms in total. The molecule has 3 amide bonds. The molecule has 4 aliphatic rings. The van der Waals surface area contributed by atoms with E-state index >= 15 is 9.59 Å². The van der Waals surface area contributed by atoms with E-state index in [0.29, 0.717) is 86.9 Å². The number of carbonyl (C=O) groups is 3. The van der Waals surface area contributed by atoms with Crippen molar-refractivity contribution in [3.05, 3.63) is 148 Å². The first-order valence-electron chi connectivity index (χ1n) is 23.1. The smallest absolute Gasteiger partial charge is 0.410 e. The highest BCUT2D eigenvalue weighted by molar-refractivity contribution is 7.46. The molecule has 2 N–H and O–H groups in total. The summed E-state index contributed by atoms with van der Waals surface area (Å²) in [5, 5.41) is 4.36. The van der Waals surface area contributed by atoms with Crippen LogP contribution in [0.25, 0.3) is 11.3 Å². The van der Waals surface area contributed by atoms with E-state index in [2.05, 4.69) is 38.8 Å². The molecule has 17 heteroatoms. The lowest BCUT2D eigenvalue weighted by Crippen LogP contribution is -2.52. The maximum atomic E-state index is 15.8. The van der Waals surface area contributed by atoms with E-state index in [-0.39, 0.29) is 30.2 Å². The van der Waals surface area contributed by atoms with Crippen molar-refractivity contribution in [3.8, 4) is 22.8 Å². The number of rotatable bonds is 10. The molecule has 0 spiro atoms. The Labute approximate surface area is 394 Å². The Morgan fingerprint density at radius 1 is 0.809 bits per heavy atom. The molecule has 4 aliphatic heterocycles. The Hall–Kier alpha value is -6.55. The average molecular weight is 940 g/mol. The molecular formula is C51H54N7O9P. The molecule has 6 heterocycles. The number of benzene rings is 4. The normalized spacial score (nSPS) is 17.2. The lowest BCUT2D eigenvalue weighted by atomic mass is 9.89. The summed E-state index contributed by atoms with van der Waals surface area (Å²) in [6.07, 6.45) is 6.48. The molecule has 0 bridgehead atoms. The van der Waals surface area contributed by atoms with Crippen LogP contribution in [0.2, 0.25) is 0 Å². The Morgan fingerprint density at radius 2 is 1.56 bits per heavy atom. The third kappa shape index (κ3) is 9.47. The Bertz CT molecular complexity index is 2920. The number of carbonyl (C=O) groups excluding carboxylic acids is 3. The van der Waals surface area contributed by atoms with Crippen LogP contribution in [0.1, 0.15) is 67.1 Å². The van der Waals surface area contributed by atoms with Crippen LogP contribution in [0.5, 0.6) is 11.5 Å². The largest absolute Gasteiger partial charge is 0.524 e. The maximum Gasteiger partial charge on any atom is 0.524 e. The van der Waals surface area contributed by atoms with Gasteiger partial charge in [0.15, 0.2) is 0 Å². The number of amides is 3. The van der Waals surface area contributed by atoms with Gasteiger partial charge >= 0.3 is 13.9 Å². The lowest BCUT2D eigenvalue weighted by molar-refractivity contribution is 0.0193. The van der Waals surface area contributed by atoms with E-state index in [1.165, 1.54) is 22.6 Å². The van der Waals surface area contributed by atoms with E-state index in [4.69, 9.17) is 14.0 Å². The number of nitrogens with zero attached hydrogens (tertiary/aromatic N) is 7. The molecule has 6 aromatic rings. The number of ether oxygens (including phenoxy) is 2. The molecular weight excluding hydrogens is 886 g/mol. The molecule has 0 radical (unpaired) electrons. The standard InChI is InChI=1S/C51H54N7O9P/c1-34-10-14-42(15-11-34)66-51(61)55-20-18-36-26-44(45(27-38(36)30-55)49(59)57-31-37-8-4-3-7-35(37)25-40(57)33-54-21-23-65-24-22-54)48-28-46(47-9-5-6-19-56(47)48)50(60)58(41-29-52-53(2)32-41)39-12-16-43(17-13-39)67-68(62,63)64/h3-4,7-8,10-17,26-29,32,40H,5-6,9,18-25,30-31,33H2,1-2H3,(H2,62,63,64)/t40-/m0/s1. The van der Waals surface area contributed by atoms with E-state index in [1.54, 1.807) is 53.3 Å². The fourth-order valence-electron chi connectivity index (χ4n) is 10.1. The summed E-state index contributed by atoms with van der Waals surface area (Å²) in [5.41, 5.74) is 9.50. The molecule has 4 aromatic carbocycles. The first kappa shape index (κ1) is 45.2.